The summed E-state index contributed by atoms with van der Waals surface area (Å²) in [5.74, 6) is 1.24. The molecule has 1 aliphatic rings. The second-order valence-electron chi connectivity index (χ2n) is 6.21. The lowest BCUT2D eigenvalue weighted by Gasteiger charge is -2.12. The maximum Gasteiger partial charge on any atom is 0.346 e. The van der Waals surface area contributed by atoms with E-state index in [9.17, 15) is 9.59 Å². The lowest BCUT2D eigenvalue weighted by atomic mass is 10.0. The molecule has 0 aromatic carbocycles. The fourth-order valence-electron chi connectivity index (χ4n) is 2.89. The zero-order chi connectivity index (χ0) is 17.1. The molecule has 1 fully saturated rings. The van der Waals surface area contributed by atoms with Crippen molar-refractivity contribution in [2.45, 2.75) is 52.1 Å². The van der Waals surface area contributed by atoms with Gasteiger partial charge in [0, 0.05) is 18.5 Å². The molecule has 1 aliphatic carbocycles. The van der Waals surface area contributed by atoms with Crippen LogP contribution < -0.4 is 11.0 Å². The lowest BCUT2D eigenvalue weighted by molar-refractivity contribution is -0.125. The van der Waals surface area contributed by atoms with Gasteiger partial charge in [0.25, 0.3) is 0 Å². The fraction of sp³-hybridized carbons (Fsp3) is 0.588. The number of rotatable bonds is 8. The molecule has 0 saturated heterocycles. The van der Waals surface area contributed by atoms with Gasteiger partial charge in [-0.1, -0.05) is 13.8 Å². The SMILES string of the molecule is CCC(CC)C(=O)NCCn1nc(-c2ccco2)n(C2CC2)c1=O. The smallest absolute Gasteiger partial charge is 0.346 e. The fourth-order valence-corrected chi connectivity index (χ4v) is 2.89. The molecule has 0 radical (unpaired) electrons. The first-order valence-electron chi connectivity index (χ1n) is 8.66. The van der Waals surface area contributed by atoms with Crippen molar-refractivity contribution in [2.24, 2.45) is 5.92 Å². The third-order valence-corrected chi connectivity index (χ3v) is 4.50. The van der Waals surface area contributed by atoms with E-state index in [1.54, 1.807) is 23.0 Å². The van der Waals surface area contributed by atoms with Crippen LogP contribution in [0.4, 0.5) is 0 Å². The molecule has 1 saturated carbocycles. The van der Waals surface area contributed by atoms with E-state index in [1.807, 2.05) is 13.8 Å². The summed E-state index contributed by atoms with van der Waals surface area (Å²) in [6.45, 7) is 4.77. The summed E-state index contributed by atoms with van der Waals surface area (Å²) < 4.78 is 8.53. The lowest BCUT2D eigenvalue weighted by Crippen LogP contribution is -2.35. The van der Waals surface area contributed by atoms with E-state index in [1.165, 1.54) is 4.68 Å². The Labute approximate surface area is 140 Å². The average molecular weight is 332 g/mol. The number of hydrogen-bond acceptors (Lipinski definition) is 4. The number of carbonyl (C=O) groups excluding carboxylic acids is 1. The van der Waals surface area contributed by atoms with Gasteiger partial charge in [-0.25, -0.2) is 9.48 Å². The van der Waals surface area contributed by atoms with Crippen molar-refractivity contribution < 1.29 is 9.21 Å². The molecule has 2 aromatic heterocycles. The summed E-state index contributed by atoms with van der Waals surface area (Å²) in [5, 5.41) is 7.31. The van der Waals surface area contributed by atoms with Crippen molar-refractivity contribution >= 4 is 5.91 Å². The second-order valence-corrected chi connectivity index (χ2v) is 6.21. The first kappa shape index (κ1) is 16.5. The largest absolute Gasteiger partial charge is 0.461 e. The Morgan fingerprint density at radius 3 is 2.75 bits per heavy atom. The first-order valence-corrected chi connectivity index (χ1v) is 8.66. The number of hydrogen-bond donors (Lipinski definition) is 1. The number of furan rings is 1. The molecule has 7 nitrogen and oxygen atoms in total. The van der Waals surface area contributed by atoms with Gasteiger partial charge in [-0.05, 0) is 37.8 Å². The molecule has 0 bridgehead atoms. The Bertz CT molecular complexity index is 736. The third kappa shape index (κ3) is 3.29. The predicted molar refractivity (Wildman–Crippen MR) is 89.5 cm³/mol. The molecule has 3 rings (SSSR count). The van der Waals surface area contributed by atoms with Gasteiger partial charge < -0.3 is 9.73 Å². The molecule has 0 atom stereocenters. The van der Waals surface area contributed by atoms with Gasteiger partial charge in [-0.15, -0.1) is 5.10 Å². The minimum absolute atomic E-state index is 0.0319. The van der Waals surface area contributed by atoms with Gasteiger partial charge >= 0.3 is 5.69 Å². The van der Waals surface area contributed by atoms with Gasteiger partial charge in [0.1, 0.15) is 0 Å². The second kappa shape index (κ2) is 7.07. The van der Waals surface area contributed by atoms with E-state index in [4.69, 9.17) is 4.42 Å². The quantitative estimate of drug-likeness (QED) is 0.803. The van der Waals surface area contributed by atoms with E-state index in [0.29, 0.717) is 24.7 Å². The summed E-state index contributed by atoms with van der Waals surface area (Å²) in [6.07, 6.45) is 5.20. The van der Waals surface area contributed by atoms with Crippen LogP contribution in [-0.2, 0) is 11.3 Å². The van der Waals surface area contributed by atoms with Gasteiger partial charge in [0.05, 0.1) is 12.8 Å². The summed E-state index contributed by atoms with van der Waals surface area (Å²) in [4.78, 5) is 24.6. The number of nitrogens with one attached hydrogen (secondary N) is 1. The molecule has 1 amide bonds. The number of aromatic nitrogens is 3. The summed E-state index contributed by atoms with van der Waals surface area (Å²) in [5.41, 5.74) is -0.138. The Balaban J connectivity index is 1.72. The van der Waals surface area contributed by atoms with Gasteiger partial charge in [-0.3, -0.25) is 9.36 Å². The highest BCUT2D eigenvalue weighted by molar-refractivity contribution is 5.78. The highest BCUT2D eigenvalue weighted by Gasteiger charge is 2.31. The molecule has 1 N–H and O–H groups in total. The van der Waals surface area contributed by atoms with Crippen LogP contribution in [0.25, 0.3) is 11.6 Å². The molecular formula is C17H24N4O3. The van der Waals surface area contributed by atoms with E-state index in [2.05, 4.69) is 10.4 Å². The van der Waals surface area contributed by atoms with E-state index >= 15 is 0 Å². The number of amides is 1. The van der Waals surface area contributed by atoms with E-state index < -0.39 is 0 Å². The summed E-state index contributed by atoms with van der Waals surface area (Å²) in [7, 11) is 0. The first-order chi connectivity index (χ1) is 11.7. The maximum absolute atomic E-state index is 12.6. The molecule has 2 heterocycles. The standard InChI is InChI=1S/C17H24N4O3/c1-3-12(4-2)16(22)18-9-10-20-17(23)21(13-7-8-13)15(19-20)14-6-5-11-24-14/h5-6,11-13H,3-4,7-10H2,1-2H3,(H,18,22). The highest BCUT2D eigenvalue weighted by atomic mass is 16.3. The third-order valence-electron chi connectivity index (χ3n) is 4.50. The van der Waals surface area contributed by atoms with Crippen molar-refractivity contribution in [3.8, 4) is 11.6 Å². The van der Waals surface area contributed by atoms with Crippen LogP contribution in [0.15, 0.2) is 27.6 Å². The van der Waals surface area contributed by atoms with Gasteiger partial charge in [0.2, 0.25) is 11.7 Å². The van der Waals surface area contributed by atoms with Crippen molar-refractivity contribution in [3.05, 3.63) is 28.9 Å². The molecule has 7 heteroatoms. The minimum atomic E-state index is -0.138. The minimum Gasteiger partial charge on any atom is -0.461 e. The van der Waals surface area contributed by atoms with E-state index in [-0.39, 0.29) is 23.6 Å². The molecule has 0 spiro atoms. The van der Waals surface area contributed by atoms with Crippen LogP contribution in [0, 0.1) is 5.92 Å². The van der Waals surface area contributed by atoms with Crippen molar-refractivity contribution in [2.75, 3.05) is 6.54 Å². The highest BCUT2D eigenvalue weighted by Crippen LogP contribution is 2.36. The van der Waals surface area contributed by atoms with Crippen molar-refractivity contribution in [3.63, 3.8) is 0 Å². The van der Waals surface area contributed by atoms with Crippen LogP contribution in [0.1, 0.15) is 45.6 Å². The number of nitrogens with zero attached hydrogens (tertiary/aromatic N) is 3. The summed E-state index contributed by atoms with van der Waals surface area (Å²) >= 11 is 0. The Morgan fingerprint density at radius 1 is 1.42 bits per heavy atom. The van der Waals surface area contributed by atoms with Gasteiger partial charge in [-0.2, -0.15) is 0 Å². The van der Waals surface area contributed by atoms with Crippen molar-refractivity contribution in [1.29, 1.82) is 0 Å². The Hall–Kier alpha value is -2.31. The van der Waals surface area contributed by atoms with E-state index in [0.717, 1.165) is 25.7 Å². The van der Waals surface area contributed by atoms with Crippen LogP contribution in [0.2, 0.25) is 0 Å². The van der Waals surface area contributed by atoms with Crippen LogP contribution in [0.5, 0.6) is 0 Å². The molecular weight excluding hydrogens is 308 g/mol. The van der Waals surface area contributed by atoms with Gasteiger partial charge in [0.15, 0.2) is 5.76 Å². The zero-order valence-corrected chi connectivity index (χ0v) is 14.2. The molecule has 24 heavy (non-hydrogen) atoms. The molecule has 2 aromatic rings. The van der Waals surface area contributed by atoms with Crippen molar-refractivity contribution in [1.82, 2.24) is 19.7 Å². The maximum atomic E-state index is 12.6. The average Bonchev–Trinajstić information content (AvgIpc) is 3.15. The molecule has 130 valence electrons. The Morgan fingerprint density at radius 2 is 2.17 bits per heavy atom. The normalized spacial score (nSPS) is 14.3. The van der Waals surface area contributed by atoms with Crippen LogP contribution in [-0.4, -0.2) is 26.8 Å². The van der Waals surface area contributed by atoms with Crippen LogP contribution >= 0.6 is 0 Å². The van der Waals surface area contributed by atoms with Crippen LogP contribution in [0.3, 0.4) is 0 Å². The zero-order valence-electron chi connectivity index (χ0n) is 14.2. The monoisotopic (exact) mass is 332 g/mol. The topological polar surface area (TPSA) is 82.1 Å². The summed E-state index contributed by atoms with van der Waals surface area (Å²) in [6, 6.07) is 3.80. The molecule has 0 unspecified atom stereocenters. The number of carbonyl (C=O) groups is 1. The predicted octanol–water partition coefficient (Wildman–Crippen LogP) is 2.19. The molecule has 0 aliphatic heterocycles. The Kier molecular flexibility index (Phi) is 4.87.